The Kier molecular flexibility index (Phi) is 5.39. The van der Waals surface area contributed by atoms with Crippen LogP contribution in [0.15, 0.2) is 18.2 Å². The zero-order valence-electron chi connectivity index (χ0n) is 10.6. The summed E-state index contributed by atoms with van der Waals surface area (Å²) in [5.41, 5.74) is 5.76. The number of amides is 2. The van der Waals surface area contributed by atoms with Gasteiger partial charge >= 0.3 is 11.7 Å². The SMILES string of the molecule is CCNc1cccc(NCCNC(N)=O)c1[N+](=O)[O-]. The Bertz CT molecular complexity index is 464. The Morgan fingerprint density at radius 1 is 1.32 bits per heavy atom. The van der Waals surface area contributed by atoms with E-state index in [0.29, 0.717) is 24.5 Å². The lowest BCUT2D eigenvalue weighted by molar-refractivity contribution is -0.383. The first kappa shape index (κ1) is 14.6. The summed E-state index contributed by atoms with van der Waals surface area (Å²) in [6.07, 6.45) is 0. The van der Waals surface area contributed by atoms with Gasteiger partial charge in [0, 0.05) is 19.6 Å². The van der Waals surface area contributed by atoms with E-state index >= 15 is 0 Å². The number of nitrogens with two attached hydrogens (primary N) is 1. The van der Waals surface area contributed by atoms with Crippen molar-refractivity contribution in [2.75, 3.05) is 30.3 Å². The molecular weight excluding hydrogens is 250 g/mol. The third-order valence-electron chi connectivity index (χ3n) is 2.33. The van der Waals surface area contributed by atoms with Crippen LogP contribution in [-0.4, -0.2) is 30.6 Å². The van der Waals surface area contributed by atoms with Crippen molar-refractivity contribution in [2.24, 2.45) is 5.73 Å². The summed E-state index contributed by atoms with van der Waals surface area (Å²) < 4.78 is 0. The number of benzene rings is 1. The highest BCUT2D eigenvalue weighted by Crippen LogP contribution is 2.32. The van der Waals surface area contributed by atoms with Crippen LogP contribution in [0.3, 0.4) is 0 Å². The highest BCUT2D eigenvalue weighted by molar-refractivity contribution is 5.76. The lowest BCUT2D eigenvalue weighted by Crippen LogP contribution is -2.33. The van der Waals surface area contributed by atoms with Crippen LogP contribution in [0.1, 0.15) is 6.92 Å². The second kappa shape index (κ2) is 7.04. The Morgan fingerprint density at radius 3 is 2.47 bits per heavy atom. The van der Waals surface area contributed by atoms with E-state index in [2.05, 4.69) is 16.0 Å². The number of primary amides is 1. The fraction of sp³-hybridized carbons (Fsp3) is 0.364. The highest BCUT2D eigenvalue weighted by atomic mass is 16.6. The molecule has 8 heteroatoms. The molecule has 0 saturated heterocycles. The summed E-state index contributed by atoms with van der Waals surface area (Å²) in [4.78, 5) is 21.1. The number of carbonyl (C=O) groups excluding carboxylic acids is 1. The number of anilines is 2. The number of carbonyl (C=O) groups is 1. The first-order valence-corrected chi connectivity index (χ1v) is 5.84. The monoisotopic (exact) mass is 267 g/mol. The molecule has 0 bridgehead atoms. The molecule has 5 N–H and O–H groups in total. The molecule has 104 valence electrons. The van der Waals surface area contributed by atoms with E-state index in [1.165, 1.54) is 0 Å². The summed E-state index contributed by atoms with van der Waals surface area (Å²) >= 11 is 0. The molecule has 0 spiro atoms. The molecule has 0 aliphatic heterocycles. The Labute approximate surface area is 110 Å². The number of nitro groups is 1. The molecule has 2 amide bonds. The zero-order chi connectivity index (χ0) is 14.3. The second-order valence-corrected chi connectivity index (χ2v) is 3.71. The fourth-order valence-electron chi connectivity index (χ4n) is 1.60. The summed E-state index contributed by atoms with van der Waals surface area (Å²) in [6, 6.07) is 4.35. The van der Waals surface area contributed by atoms with E-state index in [1.54, 1.807) is 18.2 Å². The number of hydrogen-bond donors (Lipinski definition) is 4. The van der Waals surface area contributed by atoms with Gasteiger partial charge in [-0.3, -0.25) is 10.1 Å². The molecule has 1 aromatic rings. The van der Waals surface area contributed by atoms with Crippen molar-refractivity contribution in [2.45, 2.75) is 6.92 Å². The first-order valence-electron chi connectivity index (χ1n) is 5.84. The van der Waals surface area contributed by atoms with E-state index in [-0.39, 0.29) is 12.2 Å². The minimum absolute atomic E-state index is 0.0107. The van der Waals surface area contributed by atoms with Gasteiger partial charge in [0.1, 0.15) is 11.4 Å². The lowest BCUT2D eigenvalue weighted by Gasteiger charge is -2.10. The third-order valence-corrected chi connectivity index (χ3v) is 2.33. The normalized spacial score (nSPS) is 9.74. The topological polar surface area (TPSA) is 122 Å². The lowest BCUT2D eigenvalue weighted by atomic mass is 10.2. The molecule has 0 aliphatic rings. The third kappa shape index (κ3) is 4.34. The van der Waals surface area contributed by atoms with Gasteiger partial charge in [-0.2, -0.15) is 0 Å². The summed E-state index contributed by atoms with van der Waals surface area (Å²) in [7, 11) is 0. The highest BCUT2D eigenvalue weighted by Gasteiger charge is 2.18. The molecule has 19 heavy (non-hydrogen) atoms. The quantitative estimate of drug-likeness (QED) is 0.335. The standard InChI is InChI=1S/C11H17N5O3/c1-2-13-8-4-3-5-9(10(8)16(18)19)14-6-7-15-11(12)17/h3-5,13-14H,2,6-7H2,1H3,(H3,12,15,17). The molecule has 0 radical (unpaired) electrons. The van der Waals surface area contributed by atoms with Crippen LogP contribution >= 0.6 is 0 Å². The van der Waals surface area contributed by atoms with Crippen molar-refractivity contribution in [1.82, 2.24) is 5.32 Å². The molecule has 0 saturated carbocycles. The average molecular weight is 267 g/mol. The van der Waals surface area contributed by atoms with Crippen molar-refractivity contribution in [3.63, 3.8) is 0 Å². The summed E-state index contributed by atoms with van der Waals surface area (Å²) in [5.74, 6) is 0. The smallest absolute Gasteiger partial charge is 0.315 e. The number of nitrogens with zero attached hydrogens (tertiary/aromatic N) is 1. The van der Waals surface area contributed by atoms with Crippen LogP contribution in [0.5, 0.6) is 0 Å². The van der Waals surface area contributed by atoms with Crippen LogP contribution in [-0.2, 0) is 0 Å². The van der Waals surface area contributed by atoms with E-state index in [9.17, 15) is 14.9 Å². The number of hydrogen-bond acceptors (Lipinski definition) is 5. The van der Waals surface area contributed by atoms with Gasteiger partial charge in [-0.15, -0.1) is 0 Å². The minimum Gasteiger partial charge on any atom is -0.380 e. The van der Waals surface area contributed by atoms with Gasteiger partial charge in [0.15, 0.2) is 0 Å². The number of nitro benzene ring substituents is 1. The zero-order valence-corrected chi connectivity index (χ0v) is 10.6. The summed E-state index contributed by atoms with van der Waals surface area (Å²) in [5, 5.41) is 19.3. The molecule has 8 nitrogen and oxygen atoms in total. The molecule has 0 heterocycles. The van der Waals surface area contributed by atoms with E-state index in [4.69, 9.17) is 5.73 Å². The van der Waals surface area contributed by atoms with E-state index < -0.39 is 11.0 Å². The van der Waals surface area contributed by atoms with Crippen LogP contribution in [0.4, 0.5) is 21.9 Å². The van der Waals surface area contributed by atoms with Crippen molar-refractivity contribution in [3.05, 3.63) is 28.3 Å². The summed E-state index contributed by atoms with van der Waals surface area (Å²) in [6.45, 7) is 3.09. The Morgan fingerprint density at radius 2 is 1.95 bits per heavy atom. The molecule has 1 aromatic carbocycles. The van der Waals surface area contributed by atoms with Crippen LogP contribution in [0.2, 0.25) is 0 Å². The first-order chi connectivity index (χ1) is 9.06. The molecule has 0 aliphatic carbocycles. The molecular formula is C11H17N5O3. The van der Waals surface area contributed by atoms with Gasteiger partial charge in [-0.05, 0) is 19.1 Å². The predicted octanol–water partition coefficient (Wildman–Crippen LogP) is 1.11. The Balaban J connectivity index is 2.78. The predicted molar refractivity (Wildman–Crippen MR) is 73.3 cm³/mol. The van der Waals surface area contributed by atoms with Crippen LogP contribution in [0, 0.1) is 10.1 Å². The van der Waals surface area contributed by atoms with Gasteiger partial charge in [-0.1, -0.05) is 6.07 Å². The van der Waals surface area contributed by atoms with E-state index in [0.717, 1.165) is 0 Å². The fourth-order valence-corrected chi connectivity index (χ4v) is 1.60. The number of urea groups is 1. The maximum absolute atomic E-state index is 11.1. The van der Waals surface area contributed by atoms with Crippen molar-refractivity contribution in [3.8, 4) is 0 Å². The van der Waals surface area contributed by atoms with Gasteiger partial charge in [-0.25, -0.2) is 4.79 Å². The second-order valence-electron chi connectivity index (χ2n) is 3.71. The number of rotatable bonds is 7. The van der Waals surface area contributed by atoms with E-state index in [1.807, 2.05) is 6.92 Å². The van der Waals surface area contributed by atoms with Gasteiger partial charge in [0.25, 0.3) is 0 Å². The molecule has 0 atom stereocenters. The average Bonchev–Trinajstić information content (AvgIpc) is 2.34. The maximum Gasteiger partial charge on any atom is 0.315 e. The molecule has 1 rings (SSSR count). The van der Waals surface area contributed by atoms with Gasteiger partial charge in [0.05, 0.1) is 4.92 Å². The van der Waals surface area contributed by atoms with Crippen molar-refractivity contribution in [1.29, 1.82) is 0 Å². The van der Waals surface area contributed by atoms with Gasteiger partial charge in [0.2, 0.25) is 0 Å². The Hall–Kier alpha value is -2.51. The van der Waals surface area contributed by atoms with Crippen LogP contribution in [0.25, 0.3) is 0 Å². The van der Waals surface area contributed by atoms with Gasteiger partial charge < -0.3 is 21.7 Å². The number of para-hydroxylation sites is 1. The molecule has 0 fully saturated rings. The largest absolute Gasteiger partial charge is 0.380 e. The molecule has 0 unspecified atom stereocenters. The van der Waals surface area contributed by atoms with Crippen molar-refractivity contribution >= 4 is 23.1 Å². The van der Waals surface area contributed by atoms with Crippen molar-refractivity contribution < 1.29 is 9.72 Å². The van der Waals surface area contributed by atoms with Crippen LogP contribution < -0.4 is 21.7 Å². The molecule has 0 aromatic heterocycles. The minimum atomic E-state index is -0.627. The number of nitrogens with one attached hydrogen (secondary N) is 3. The maximum atomic E-state index is 11.1.